The first kappa shape index (κ1) is 13.6. The number of nitrogen functional groups attached to an aromatic ring is 1. The van der Waals surface area contributed by atoms with Crippen LogP contribution in [0.4, 0.5) is 11.8 Å². The molecule has 0 aliphatic rings. The van der Waals surface area contributed by atoms with Crippen molar-refractivity contribution < 1.29 is 0 Å². The summed E-state index contributed by atoms with van der Waals surface area (Å²) in [5.41, 5.74) is 5.78. The molecule has 0 amide bonds. The fraction of sp³-hybridized carbons (Fsp3) is 0.231. The van der Waals surface area contributed by atoms with Crippen LogP contribution in [0.25, 0.3) is 10.2 Å². The minimum absolute atomic E-state index is 0.116. The summed E-state index contributed by atoms with van der Waals surface area (Å²) in [6, 6.07) is 6.12. The summed E-state index contributed by atoms with van der Waals surface area (Å²) in [6.07, 6.45) is 0. The topological polar surface area (TPSA) is 63.8 Å². The molecule has 20 heavy (non-hydrogen) atoms. The fourth-order valence-electron chi connectivity index (χ4n) is 2.01. The monoisotopic (exact) mass is 324 g/mol. The van der Waals surface area contributed by atoms with E-state index in [1.165, 1.54) is 4.88 Å². The van der Waals surface area contributed by atoms with E-state index in [9.17, 15) is 0 Å². The normalized spacial score (nSPS) is 12.8. The maximum Gasteiger partial charge on any atom is 0.223 e. The lowest BCUT2D eigenvalue weighted by Gasteiger charge is -2.13. The molecule has 3 rings (SSSR count). The molecule has 0 bridgehead atoms. The number of thiophene rings is 2. The Morgan fingerprint density at radius 2 is 2.10 bits per heavy atom. The van der Waals surface area contributed by atoms with Crippen molar-refractivity contribution in [3.63, 3.8) is 0 Å². The largest absolute Gasteiger partial charge is 0.368 e. The van der Waals surface area contributed by atoms with Gasteiger partial charge in [-0.3, -0.25) is 0 Å². The molecule has 0 aromatic carbocycles. The summed E-state index contributed by atoms with van der Waals surface area (Å²) < 4.78 is 0.785. The summed E-state index contributed by atoms with van der Waals surface area (Å²) >= 11 is 9.16. The van der Waals surface area contributed by atoms with Crippen LogP contribution in [-0.2, 0) is 0 Å². The highest BCUT2D eigenvalue weighted by Gasteiger charge is 2.13. The van der Waals surface area contributed by atoms with E-state index in [1.807, 2.05) is 12.1 Å². The van der Waals surface area contributed by atoms with Crippen molar-refractivity contribution in [1.29, 1.82) is 0 Å². The molecular weight excluding hydrogens is 312 g/mol. The van der Waals surface area contributed by atoms with Crippen molar-refractivity contribution in [3.05, 3.63) is 32.3 Å². The van der Waals surface area contributed by atoms with Crippen molar-refractivity contribution in [3.8, 4) is 0 Å². The number of hydrogen-bond acceptors (Lipinski definition) is 6. The zero-order valence-electron chi connectivity index (χ0n) is 11.0. The van der Waals surface area contributed by atoms with Gasteiger partial charge in [-0.15, -0.1) is 22.7 Å². The Labute approximate surface area is 129 Å². The van der Waals surface area contributed by atoms with Gasteiger partial charge in [0.05, 0.1) is 15.8 Å². The number of fused-ring (bicyclic) bond motifs is 1. The third-order valence-electron chi connectivity index (χ3n) is 2.91. The van der Waals surface area contributed by atoms with Crippen LogP contribution in [0, 0.1) is 6.92 Å². The first-order chi connectivity index (χ1) is 9.52. The molecule has 104 valence electrons. The van der Waals surface area contributed by atoms with Crippen molar-refractivity contribution in [2.24, 2.45) is 0 Å². The highest BCUT2D eigenvalue weighted by Crippen LogP contribution is 2.33. The molecule has 0 saturated carbocycles. The molecule has 0 aliphatic carbocycles. The van der Waals surface area contributed by atoms with Gasteiger partial charge in [0.25, 0.3) is 0 Å². The number of nitrogens with two attached hydrogens (primary N) is 1. The molecule has 0 fully saturated rings. The number of halogens is 1. The van der Waals surface area contributed by atoms with Gasteiger partial charge in [-0.2, -0.15) is 4.98 Å². The van der Waals surface area contributed by atoms with Gasteiger partial charge in [0.15, 0.2) is 0 Å². The van der Waals surface area contributed by atoms with Gasteiger partial charge in [0.1, 0.15) is 10.6 Å². The van der Waals surface area contributed by atoms with Gasteiger partial charge in [0.2, 0.25) is 5.95 Å². The Hall–Kier alpha value is -1.37. The van der Waals surface area contributed by atoms with Crippen molar-refractivity contribution in [2.75, 3.05) is 11.1 Å². The number of anilines is 2. The third-order valence-corrected chi connectivity index (χ3v) is 5.27. The average Bonchev–Trinajstić information content (AvgIpc) is 2.94. The average molecular weight is 325 g/mol. The number of aromatic nitrogens is 2. The molecule has 0 saturated heterocycles. The number of rotatable bonds is 3. The maximum absolute atomic E-state index is 5.98. The van der Waals surface area contributed by atoms with Crippen LogP contribution in [0.2, 0.25) is 4.34 Å². The predicted molar refractivity (Wildman–Crippen MR) is 87.9 cm³/mol. The standard InChI is InChI=1S/C13H13ClN4S2/c1-6-5-8-11(17-13(15)18-12(8)19-6)16-7(2)9-3-4-10(14)20-9/h3-5,7H,1-2H3,(H3,15,16,17,18). The zero-order chi connectivity index (χ0) is 14.3. The Morgan fingerprint density at radius 1 is 1.30 bits per heavy atom. The van der Waals surface area contributed by atoms with Crippen LogP contribution < -0.4 is 11.1 Å². The molecule has 0 aliphatic heterocycles. The summed E-state index contributed by atoms with van der Waals surface area (Å²) in [5.74, 6) is 1.06. The Morgan fingerprint density at radius 3 is 2.80 bits per heavy atom. The molecule has 3 aromatic heterocycles. The quantitative estimate of drug-likeness (QED) is 0.746. The van der Waals surface area contributed by atoms with Gasteiger partial charge >= 0.3 is 0 Å². The van der Waals surface area contributed by atoms with Gasteiger partial charge in [-0.25, -0.2) is 4.98 Å². The molecule has 1 unspecified atom stereocenters. The lowest BCUT2D eigenvalue weighted by molar-refractivity contribution is 0.899. The van der Waals surface area contributed by atoms with Gasteiger partial charge in [-0.1, -0.05) is 11.6 Å². The van der Waals surface area contributed by atoms with E-state index in [0.29, 0.717) is 5.95 Å². The summed E-state index contributed by atoms with van der Waals surface area (Å²) in [4.78, 5) is 11.8. The first-order valence-corrected chi connectivity index (χ1v) is 8.09. The van der Waals surface area contributed by atoms with Gasteiger partial charge < -0.3 is 11.1 Å². The number of aryl methyl sites for hydroxylation is 1. The van der Waals surface area contributed by atoms with E-state index < -0.39 is 0 Å². The minimum Gasteiger partial charge on any atom is -0.368 e. The van der Waals surface area contributed by atoms with Crippen LogP contribution in [0.1, 0.15) is 22.7 Å². The molecule has 3 aromatic rings. The molecule has 0 radical (unpaired) electrons. The summed E-state index contributed by atoms with van der Waals surface area (Å²) in [6.45, 7) is 4.13. The lowest BCUT2D eigenvalue weighted by Crippen LogP contribution is -2.08. The van der Waals surface area contributed by atoms with E-state index in [4.69, 9.17) is 17.3 Å². The molecule has 4 nitrogen and oxygen atoms in total. The van der Waals surface area contributed by atoms with E-state index in [0.717, 1.165) is 25.2 Å². The number of hydrogen-bond donors (Lipinski definition) is 2. The second-order valence-electron chi connectivity index (χ2n) is 4.51. The van der Waals surface area contributed by atoms with Gasteiger partial charge in [-0.05, 0) is 32.0 Å². The van der Waals surface area contributed by atoms with Crippen LogP contribution >= 0.6 is 34.3 Å². The Bertz CT molecular complexity index is 765. The fourth-order valence-corrected chi connectivity index (χ4v) is 3.96. The lowest BCUT2D eigenvalue weighted by atomic mass is 10.2. The summed E-state index contributed by atoms with van der Waals surface area (Å²) in [5, 5.41) is 4.41. The molecule has 1 atom stereocenters. The van der Waals surface area contributed by atoms with Crippen LogP contribution in [0.5, 0.6) is 0 Å². The number of nitrogens with zero attached hydrogens (tertiary/aromatic N) is 2. The van der Waals surface area contributed by atoms with Crippen LogP contribution in [0.15, 0.2) is 18.2 Å². The van der Waals surface area contributed by atoms with E-state index in [1.54, 1.807) is 22.7 Å². The predicted octanol–water partition coefficient (Wildman–Crippen LogP) is 4.47. The third kappa shape index (κ3) is 2.59. The Kier molecular flexibility index (Phi) is 3.54. The zero-order valence-corrected chi connectivity index (χ0v) is 13.4. The first-order valence-electron chi connectivity index (χ1n) is 6.08. The van der Waals surface area contributed by atoms with Crippen LogP contribution in [0.3, 0.4) is 0 Å². The highest BCUT2D eigenvalue weighted by atomic mass is 35.5. The van der Waals surface area contributed by atoms with Crippen LogP contribution in [-0.4, -0.2) is 9.97 Å². The summed E-state index contributed by atoms with van der Waals surface area (Å²) in [7, 11) is 0. The molecular formula is C13H13ClN4S2. The second kappa shape index (κ2) is 5.20. The Balaban J connectivity index is 1.97. The SMILES string of the molecule is Cc1cc2c(NC(C)c3ccc(Cl)s3)nc(N)nc2s1. The van der Waals surface area contributed by atoms with E-state index in [-0.39, 0.29) is 6.04 Å². The molecule has 3 heterocycles. The molecule has 0 spiro atoms. The van der Waals surface area contributed by atoms with Crippen molar-refractivity contribution in [1.82, 2.24) is 9.97 Å². The highest BCUT2D eigenvalue weighted by molar-refractivity contribution is 7.18. The minimum atomic E-state index is 0.116. The molecule has 3 N–H and O–H groups in total. The number of nitrogens with one attached hydrogen (secondary N) is 1. The van der Waals surface area contributed by atoms with E-state index >= 15 is 0 Å². The van der Waals surface area contributed by atoms with Crippen molar-refractivity contribution >= 4 is 56.3 Å². The smallest absolute Gasteiger partial charge is 0.223 e. The van der Waals surface area contributed by atoms with Crippen molar-refractivity contribution in [2.45, 2.75) is 19.9 Å². The van der Waals surface area contributed by atoms with E-state index in [2.05, 4.69) is 35.2 Å². The molecule has 7 heteroatoms. The second-order valence-corrected chi connectivity index (χ2v) is 7.50. The van der Waals surface area contributed by atoms with Gasteiger partial charge in [0, 0.05) is 9.75 Å². The maximum atomic E-state index is 5.98.